The van der Waals surface area contributed by atoms with Gasteiger partial charge >= 0.3 is 0 Å². The molecule has 0 radical (unpaired) electrons. The first-order valence-corrected chi connectivity index (χ1v) is 11.0. The Morgan fingerprint density at radius 2 is 1.97 bits per heavy atom. The van der Waals surface area contributed by atoms with Crippen molar-refractivity contribution in [1.82, 2.24) is 14.3 Å². The molecule has 2 aromatic carbocycles. The number of rotatable bonds is 5. The van der Waals surface area contributed by atoms with E-state index in [0.29, 0.717) is 12.3 Å². The van der Waals surface area contributed by atoms with Crippen molar-refractivity contribution in [2.75, 3.05) is 20.2 Å². The van der Waals surface area contributed by atoms with Crippen LogP contribution in [0.15, 0.2) is 66.2 Å². The molecule has 5 rings (SSSR count). The van der Waals surface area contributed by atoms with E-state index in [1.165, 1.54) is 5.56 Å². The average Bonchev–Trinajstić information content (AvgIpc) is 3.52. The molecule has 6 heteroatoms. The molecule has 1 saturated heterocycles. The minimum absolute atomic E-state index is 0.181. The van der Waals surface area contributed by atoms with Gasteiger partial charge in [-0.05, 0) is 24.1 Å². The van der Waals surface area contributed by atoms with E-state index in [9.17, 15) is 4.79 Å². The van der Waals surface area contributed by atoms with E-state index in [4.69, 9.17) is 9.72 Å². The lowest BCUT2D eigenvalue weighted by Crippen LogP contribution is -2.30. The smallest absolute Gasteiger partial charge is 0.228 e. The number of imidazole rings is 1. The van der Waals surface area contributed by atoms with Gasteiger partial charge < -0.3 is 9.64 Å². The second-order valence-corrected chi connectivity index (χ2v) is 8.48. The number of hydrogen-bond acceptors (Lipinski definition) is 4. The van der Waals surface area contributed by atoms with Gasteiger partial charge in [-0.1, -0.05) is 42.5 Å². The van der Waals surface area contributed by atoms with Gasteiger partial charge in [0.1, 0.15) is 5.75 Å². The molecule has 1 aliphatic rings. The van der Waals surface area contributed by atoms with E-state index in [-0.39, 0.29) is 5.91 Å². The number of likely N-dealkylation sites (tertiary alicyclic amines) is 1. The second-order valence-electron chi connectivity index (χ2n) is 7.65. The molecule has 1 aliphatic heterocycles. The quantitative estimate of drug-likeness (QED) is 0.476. The van der Waals surface area contributed by atoms with E-state index in [1.807, 2.05) is 46.8 Å². The first-order valence-electron chi connectivity index (χ1n) is 10.1. The number of methoxy groups -OCH3 is 1. The van der Waals surface area contributed by atoms with Crippen LogP contribution in [-0.4, -0.2) is 40.4 Å². The predicted molar refractivity (Wildman–Crippen MR) is 119 cm³/mol. The number of thiazole rings is 1. The highest BCUT2D eigenvalue weighted by Gasteiger charge is 2.28. The van der Waals surface area contributed by atoms with Gasteiger partial charge in [-0.2, -0.15) is 0 Å². The van der Waals surface area contributed by atoms with Crippen molar-refractivity contribution < 1.29 is 9.53 Å². The summed E-state index contributed by atoms with van der Waals surface area (Å²) in [6.07, 6.45) is 3.44. The van der Waals surface area contributed by atoms with E-state index in [0.717, 1.165) is 47.2 Å². The Bertz CT molecular complexity index is 1160. The third-order valence-corrected chi connectivity index (χ3v) is 6.70. The lowest BCUT2D eigenvalue weighted by Gasteiger charge is -2.16. The fourth-order valence-corrected chi connectivity index (χ4v) is 4.98. The molecule has 1 atom stereocenters. The number of aromatic nitrogens is 2. The fourth-order valence-electron chi connectivity index (χ4n) is 4.11. The summed E-state index contributed by atoms with van der Waals surface area (Å²) in [4.78, 5) is 20.6. The number of benzene rings is 2. The van der Waals surface area contributed by atoms with Gasteiger partial charge in [0.05, 0.1) is 19.2 Å². The van der Waals surface area contributed by atoms with Crippen LogP contribution in [0.5, 0.6) is 5.75 Å². The number of ether oxygens (including phenoxy) is 1. The van der Waals surface area contributed by atoms with Crippen LogP contribution in [0.25, 0.3) is 16.2 Å². The SMILES string of the molecule is COc1ccc(C2CCN(C(=O)Cc3csc4nc(-c5ccccc5)cn34)C2)cc1. The zero-order valence-electron chi connectivity index (χ0n) is 16.8. The minimum atomic E-state index is 0.181. The van der Waals surface area contributed by atoms with Crippen molar-refractivity contribution in [1.29, 1.82) is 0 Å². The summed E-state index contributed by atoms with van der Waals surface area (Å²) in [5, 5.41) is 2.05. The third-order valence-electron chi connectivity index (χ3n) is 5.81. The molecule has 30 heavy (non-hydrogen) atoms. The van der Waals surface area contributed by atoms with Gasteiger partial charge in [-0.25, -0.2) is 4.98 Å². The minimum Gasteiger partial charge on any atom is -0.497 e. The molecular weight excluding hydrogens is 394 g/mol. The topological polar surface area (TPSA) is 46.8 Å². The van der Waals surface area contributed by atoms with Crippen molar-refractivity contribution in [3.8, 4) is 17.0 Å². The summed E-state index contributed by atoms with van der Waals surface area (Å²) < 4.78 is 7.30. The van der Waals surface area contributed by atoms with Crippen LogP contribution >= 0.6 is 11.3 Å². The van der Waals surface area contributed by atoms with Crippen molar-refractivity contribution in [2.24, 2.45) is 0 Å². The van der Waals surface area contributed by atoms with Crippen LogP contribution in [0.4, 0.5) is 0 Å². The third kappa shape index (κ3) is 3.59. The molecule has 152 valence electrons. The summed E-state index contributed by atoms with van der Waals surface area (Å²) >= 11 is 1.58. The second kappa shape index (κ2) is 7.95. The summed E-state index contributed by atoms with van der Waals surface area (Å²) in [5.74, 6) is 1.43. The molecule has 0 bridgehead atoms. The first-order chi connectivity index (χ1) is 14.7. The molecule has 0 spiro atoms. The maximum absolute atomic E-state index is 13.0. The first kappa shape index (κ1) is 18.9. The molecule has 2 aromatic heterocycles. The highest BCUT2D eigenvalue weighted by atomic mass is 32.1. The Hall–Kier alpha value is -3.12. The maximum atomic E-state index is 13.0. The largest absolute Gasteiger partial charge is 0.497 e. The van der Waals surface area contributed by atoms with Gasteiger partial charge in [-0.15, -0.1) is 11.3 Å². The van der Waals surface area contributed by atoms with E-state index in [2.05, 4.69) is 28.7 Å². The molecule has 0 aliphatic carbocycles. The van der Waals surface area contributed by atoms with Gasteiger partial charge in [-0.3, -0.25) is 9.20 Å². The van der Waals surface area contributed by atoms with Crippen LogP contribution in [0.1, 0.15) is 23.6 Å². The number of carbonyl (C=O) groups is 1. The molecular formula is C24H23N3O2S. The summed E-state index contributed by atoms with van der Waals surface area (Å²) in [7, 11) is 1.68. The van der Waals surface area contributed by atoms with Crippen molar-refractivity contribution in [2.45, 2.75) is 18.8 Å². The molecule has 0 saturated carbocycles. The van der Waals surface area contributed by atoms with E-state index in [1.54, 1.807) is 18.4 Å². The normalized spacial score (nSPS) is 16.3. The Labute approximate surface area is 179 Å². The molecule has 1 fully saturated rings. The predicted octanol–water partition coefficient (Wildman–Crippen LogP) is 4.63. The van der Waals surface area contributed by atoms with Crippen LogP contribution in [0.2, 0.25) is 0 Å². The Morgan fingerprint density at radius 3 is 2.73 bits per heavy atom. The Morgan fingerprint density at radius 1 is 1.17 bits per heavy atom. The number of nitrogens with zero attached hydrogens (tertiary/aromatic N) is 3. The molecule has 3 heterocycles. The van der Waals surface area contributed by atoms with E-state index >= 15 is 0 Å². The number of amides is 1. The van der Waals surface area contributed by atoms with Crippen molar-refractivity contribution in [3.05, 3.63) is 77.4 Å². The number of carbonyl (C=O) groups excluding carboxylic acids is 1. The van der Waals surface area contributed by atoms with Crippen LogP contribution < -0.4 is 4.74 Å². The van der Waals surface area contributed by atoms with Crippen LogP contribution in [-0.2, 0) is 11.2 Å². The zero-order chi connectivity index (χ0) is 20.5. The fraction of sp³-hybridized carbons (Fsp3) is 0.250. The molecule has 5 nitrogen and oxygen atoms in total. The standard InChI is InChI=1S/C24H23N3O2S/c1-29-21-9-7-17(8-10-21)19-11-12-26(14-19)23(28)13-20-16-30-24-25-22(15-27(20)24)18-5-3-2-4-6-18/h2-10,15-16,19H,11-14H2,1H3. The van der Waals surface area contributed by atoms with Crippen molar-refractivity contribution >= 4 is 22.2 Å². The lowest BCUT2D eigenvalue weighted by atomic mass is 9.98. The average molecular weight is 418 g/mol. The monoisotopic (exact) mass is 417 g/mol. The van der Waals surface area contributed by atoms with Crippen molar-refractivity contribution in [3.63, 3.8) is 0 Å². The summed E-state index contributed by atoms with van der Waals surface area (Å²) in [5.41, 5.74) is 4.30. The van der Waals surface area contributed by atoms with Gasteiger partial charge in [0, 0.05) is 41.8 Å². The molecule has 4 aromatic rings. The lowest BCUT2D eigenvalue weighted by molar-refractivity contribution is -0.129. The van der Waals surface area contributed by atoms with E-state index < -0.39 is 0 Å². The Balaban J connectivity index is 1.28. The number of hydrogen-bond donors (Lipinski definition) is 0. The number of fused-ring (bicyclic) bond motifs is 1. The maximum Gasteiger partial charge on any atom is 0.228 e. The van der Waals surface area contributed by atoms with Crippen LogP contribution in [0, 0.1) is 0 Å². The van der Waals surface area contributed by atoms with Gasteiger partial charge in [0.2, 0.25) is 5.91 Å². The summed E-state index contributed by atoms with van der Waals surface area (Å²) in [6.45, 7) is 1.58. The molecule has 1 amide bonds. The Kier molecular flexibility index (Phi) is 5.01. The molecule has 0 N–H and O–H groups in total. The zero-order valence-corrected chi connectivity index (χ0v) is 17.6. The van der Waals surface area contributed by atoms with Crippen LogP contribution in [0.3, 0.4) is 0 Å². The summed E-state index contributed by atoms with van der Waals surface area (Å²) in [6, 6.07) is 18.3. The highest BCUT2D eigenvalue weighted by molar-refractivity contribution is 7.15. The highest BCUT2D eigenvalue weighted by Crippen LogP contribution is 2.29. The molecule has 1 unspecified atom stereocenters. The van der Waals surface area contributed by atoms with Gasteiger partial charge in [0.25, 0.3) is 0 Å². The van der Waals surface area contributed by atoms with Gasteiger partial charge in [0.15, 0.2) is 4.96 Å².